The van der Waals surface area contributed by atoms with Crippen LogP contribution in [-0.4, -0.2) is 54.4 Å². The van der Waals surface area contributed by atoms with Gasteiger partial charge in [0.05, 0.1) is 18.6 Å². The molecule has 0 saturated carbocycles. The quantitative estimate of drug-likeness (QED) is 0.346. The lowest BCUT2D eigenvalue weighted by atomic mass is 9.92. The molecule has 0 spiro atoms. The summed E-state index contributed by atoms with van der Waals surface area (Å²) < 4.78 is 49.6. The molecule has 0 N–H and O–H groups in total. The summed E-state index contributed by atoms with van der Waals surface area (Å²) in [6.07, 6.45) is -2.37. The predicted molar refractivity (Wildman–Crippen MR) is 143 cm³/mol. The zero-order valence-electron chi connectivity index (χ0n) is 22.0. The summed E-state index contributed by atoms with van der Waals surface area (Å²) in [6, 6.07) is 20.6. The van der Waals surface area contributed by atoms with Crippen LogP contribution in [0.3, 0.4) is 0 Å². The number of ether oxygens (including phenoxy) is 2. The summed E-state index contributed by atoms with van der Waals surface area (Å²) in [7, 11) is 0. The first-order valence-electron chi connectivity index (χ1n) is 13.5. The van der Waals surface area contributed by atoms with Gasteiger partial charge in [-0.15, -0.1) is 0 Å². The number of amides is 2. The molecule has 0 radical (unpaired) electrons. The van der Waals surface area contributed by atoms with E-state index in [1.54, 1.807) is 24.3 Å². The van der Waals surface area contributed by atoms with E-state index in [0.717, 1.165) is 30.7 Å². The Hall–Kier alpha value is -4.01. The van der Waals surface area contributed by atoms with Gasteiger partial charge < -0.3 is 19.3 Å². The lowest BCUT2D eigenvalue weighted by molar-refractivity contribution is -0.137. The normalized spacial score (nSPS) is 19.1. The van der Waals surface area contributed by atoms with Crippen molar-refractivity contribution < 1.29 is 32.2 Å². The first kappa shape index (κ1) is 27.6. The molecule has 5 rings (SSSR count). The zero-order valence-corrected chi connectivity index (χ0v) is 22.0. The fourth-order valence-corrected chi connectivity index (χ4v) is 5.38. The molecule has 2 aliphatic rings. The van der Waals surface area contributed by atoms with Gasteiger partial charge in [-0.25, -0.2) is 0 Å². The molecule has 9 heteroatoms. The molecule has 6 nitrogen and oxygen atoms in total. The number of carbonyl (C=O) groups excluding carboxylic acids is 2. The average molecular weight is 553 g/mol. The van der Waals surface area contributed by atoms with Crippen LogP contribution in [0.1, 0.15) is 35.2 Å². The van der Waals surface area contributed by atoms with Gasteiger partial charge in [0.15, 0.2) is 0 Å². The molecule has 40 heavy (non-hydrogen) atoms. The van der Waals surface area contributed by atoms with Crippen molar-refractivity contribution in [3.05, 3.63) is 90.0 Å². The minimum absolute atomic E-state index is 0.0629. The fraction of sp³-hybridized carbons (Fsp3) is 0.355. The average Bonchev–Trinajstić information content (AvgIpc) is 3.26. The number of carbonyl (C=O) groups is 2. The molecule has 210 valence electrons. The highest BCUT2D eigenvalue weighted by atomic mass is 19.4. The number of likely N-dealkylation sites (tertiary alicyclic amines) is 2. The SMILES string of the molecule is O=C(CCOc1ccccc1)N1C[C@H]2CCN(C(=O)c3ccc(Oc4ccc(C(F)(F)F)cc4)cc3)CC[C@H]2C1. The number of hydrogen-bond acceptors (Lipinski definition) is 4. The second-order valence-electron chi connectivity index (χ2n) is 10.2. The van der Waals surface area contributed by atoms with E-state index >= 15 is 0 Å². The fourth-order valence-electron chi connectivity index (χ4n) is 5.38. The number of hydrogen-bond donors (Lipinski definition) is 0. The molecule has 2 atom stereocenters. The van der Waals surface area contributed by atoms with Crippen molar-refractivity contribution in [2.75, 3.05) is 32.8 Å². The highest BCUT2D eigenvalue weighted by molar-refractivity contribution is 5.94. The molecular weight excluding hydrogens is 521 g/mol. The summed E-state index contributed by atoms with van der Waals surface area (Å²) >= 11 is 0. The van der Waals surface area contributed by atoms with E-state index in [1.807, 2.05) is 40.1 Å². The molecule has 0 unspecified atom stereocenters. The van der Waals surface area contributed by atoms with Crippen LogP contribution in [0, 0.1) is 11.8 Å². The van der Waals surface area contributed by atoms with E-state index in [-0.39, 0.29) is 17.6 Å². The lowest BCUT2D eigenvalue weighted by Crippen LogP contribution is -2.34. The standard InChI is InChI=1S/C31H31F3N2O4/c32-31(33,34)25-8-12-28(13-9-25)40-27-10-6-22(7-11-27)30(38)35-17-14-23-20-36(21-24(23)15-18-35)29(37)16-19-39-26-4-2-1-3-5-26/h1-13,23-24H,14-21H2/t23-,24+. The van der Waals surface area contributed by atoms with Crippen molar-refractivity contribution in [1.82, 2.24) is 9.80 Å². The van der Waals surface area contributed by atoms with E-state index in [0.29, 0.717) is 62.4 Å². The number of halogens is 3. The number of fused-ring (bicyclic) bond motifs is 1. The predicted octanol–water partition coefficient (Wildman–Crippen LogP) is 6.28. The summed E-state index contributed by atoms with van der Waals surface area (Å²) in [6.45, 7) is 3.04. The molecule has 0 bridgehead atoms. The Bertz CT molecular complexity index is 1280. The van der Waals surface area contributed by atoms with Gasteiger partial charge >= 0.3 is 6.18 Å². The van der Waals surface area contributed by atoms with Crippen LogP contribution in [0.25, 0.3) is 0 Å². The lowest BCUT2D eigenvalue weighted by Gasteiger charge is -2.22. The first-order valence-corrected chi connectivity index (χ1v) is 13.5. The molecule has 0 aromatic heterocycles. The van der Waals surface area contributed by atoms with Crippen molar-refractivity contribution >= 4 is 11.8 Å². The second kappa shape index (κ2) is 12.0. The van der Waals surface area contributed by atoms with Crippen molar-refractivity contribution in [3.8, 4) is 17.2 Å². The first-order chi connectivity index (χ1) is 19.3. The summed E-state index contributed by atoms with van der Waals surface area (Å²) in [4.78, 5) is 29.7. The van der Waals surface area contributed by atoms with E-state index in [9.17, 15) is 22.8 Å². The van der Waals surface area contributed by atoms with E-state index in [1.165, 1.54) is 12.1 Å². The van der Waals surface area contributed by atoms with Crippen molar-refractivity contribution in [2.24, 2.45) is 11.8 Å². The molecule has 2 amide bonds. The van der Waals surface area contributed by atoms with Gasteiger partial charge in [0.2, 0.25) is 5.91 Å². The van der Waals surface area contributed by atoms with E-state index < -0.39 is 11.7 Å². The Balaban J connectivity index is 1.09. The Morgan fingerprint density at radius 1 is 0.750 bits per heavy atom. The number of alkyl halides is 3. The largest absolute Gasteiger partial charge is 0.493 e. The third-order valence-electron chi connectivity index (χ3n) is 7.60. The molecular formula is C31H31F3N2O4. The third kappa shape index (κ3) is 6.76. The molecule has 0 aliphatic carbocycles. The Kier molecular flexibility index (Phi) is 8.28. The van der Waals surface area contributed by atoms with Crippen LogP contribution < -0.4 is 9.47 Å². The van der Waals surface area contributed by atoms with Gasteiger partial charge in [-0.05, 0) is 85.3 Å². The van der Waals surface area contributed by atoms with Crippen molar-refractivity contribution in [3.63, 3.8) is 0 Å². The van der Waals surface area contributed by atoms with Crippen LogP contribution in [0.4, 0.5) is 13.2 Å². The molecule has 2 heterocycles. The molecule has 2 saturated heterocycles. The Morgan fingerprint density at radius 2 is 1.32 bits per heavy atom. The number of nitrogens with zero attached hydrogens (tertiary/aromatic N) is 2. The summed E-state index contributed by atoms with van der Waals surface area (Å²) in [5.74, 6) is 2.26. The van der Waals surface area contributed by atoms with Gasteiger partial charge in [0, 0.05) is 31.7 Å². The number of para-hydroxylation sites is 1. The highest BCUT2D eigenvalue weighted by Gasteiger charge is 2.37. The highest BCUT2D eigenvalue weighted by Crippen LogP contribution is 2.33. The van der Waals surface area contributed by atoms with Crippen molar-refractivity contribution in [2.45, 2.75) is 25.4 Å². The molecule has 2 fully saturated rings. The van der Waals surface area contributed by atoms with Gasteiger partial charge in [0.1, 0.15) is 17.2 Å². The Labute approximate surface area is 231 Å². The number of benzene rings is 3. The summed E-state index contributed by atoms with van der Waals surface area (Å²) in [5.41, 5.74) is -0.211. The molecule has 3 aromatic carbocycles. The third-order valence-corrected chi connectivity index (χ3v) is 7.60. The van der Waals surface area contributed by atoms with Gasteiger partial charge in [0.25, 0.3) is 5.91 Å². The van der Waals surface area contributed by atoms with Crippen LogP contribution in [0.5, 0.6) is 17.2 Å². The van der Waals surface area contributed by atoms with Gasteiger partial charge in [-0.1, -0.05) is 18.2 Å². The minimum atomic E-state index is -4.40. The molecule has 3 aromatic rings. The van der Waals surface area contributed by atoms with Crippen LogP contribution >= 0.6 is 0 Å². The zero-order chi connectivity index (χ0) is 28.1. The van der Waals surface area contributed by atoms with E-state index in [2.05, 4.69) is 0 Å². The van der Waals surface area contributed by atoms with E-state index in [4.69, 9.17) is 9.47 Å². The van der Waals surface area contributed by atoms with Gasteiger partial charge in [-0.2, -0.15) is 13.2 Å². The maximum Gasteiger partial charge on any atom is 0.416 e. The van der Waals surface area contributed by atoms with Gasteiger partial charge in [-0.3, -0.25) is 9.59 Å². The van der Waals surface area contributed by atoms with Crippen LogP contribution in [-0.2, 0) is 11.0 Å². The van der Waals surface area contributed by atoms with Crippen molar-refractivity contribution in [1.29, 1.82) is 0 Å². The van der Waals surface area contributed by atoms with Crippen LogP contribution in [0.2, 0.25) is 0 Å². The monoisotopic (exact) mass is 552 g/mol. The second-order valence-corrected chi connectivity index (χ2v) is 10.2. The smallest absolute Gasteiger partial charge is 0.416 e. The van der Waals surface area contributed by atoms with Crippen LogP contribution in [0.15, 0.2) is 78.9 Å². The maximum atomic E-state index is 13.2. The molecule has 2 aliphatic heterocycles. The number of rotatable bonds is 7. The summed E-state index contributed by atoms with van der Waals surface area (Å²) in [5, 5.41) is 0. The Morgan fingerprint density at radius 3 is 1.90 bits per heavy atom. The topological polar surface area (TPSA) is 59.1 Å². The maximum absolute atomic E-state index is 13.2. The minimum Gasteiger partial charge on any atom is -0.493 e.